The Morgan fingerprint density at radius 2 is 1.68 bits per heavy atom. The Labute approximate surface area is 131 Å². The third-order valence-electron chi connectivity index (χ3n) is 3.44. The number of halogens is 1. The van der Waals surface area contributed by atoms with Gasteiger partial charge in [0.1, 0.15) is 5.82 Å². The monoisotopic (exact) mass is 299 g/mol. The van der Waals surface area contributed by atoms with Gasteiger partial charge in [0.2, 0.25) is 0 Å². The summed E-state index contributed by atoms with van der Waals surface area (Å²) in [6.07, 6.45) is 4.07. The van der Waals surface area contributed by atoms with E-state index < -0.39 is 6.10 Å². The van der Waals surface area contributed by atoms with E-state index in [1.54, 1.807) is 12.1 Å². The first-order valence-electron chi connectivity index (χ1n) is 7.38. The third kappa shape index (κ3) is 5.10. The largest absolute Gasteiger partial charge is 0.388 e. The van der Waals surface area contributed by atoms with Crippen molar-refractivity contribution in [1.29, 1.82) is 0 Å². The first-order chi connectivity index (χ1) is 10.5. The molecule has 1 N–H and O–H groups in total. The standard InChI is InChI=1S/C19H22FNO/c1-21(2)13-3-4-15-5-9-17(10-6-15)19(22)14-16-7-11-18(20)12-8-16/h3-12,19,22H,13-14H2,1-2H3. The summed E-state index contributed by atoms with van der Waals surface area (Å²) in [6, 6.07) is 14.1. The van der Waals surface area contributed by atoms with E-state index in [0.717, 1.165) is 23.2 Å². The highest BCUT2D eigenvalue weighted by Crippen LogP contribution is 2.19. The summed E-state index contributed by atoms with van der Waals surface area (Å²) in [4.78, 5) is 2.09. The topological polar surface area (TPSA) is 23.5 Å². The fourth-order valence-corrected chi connectivity index (χ4v) is 2.19. The molecule has 1 unspecified atom stereocenters. The van der Waals surface area contributed by atoms with Crippen molar-refractivity contribution in [2.45, 2.75) is 12.5 Å². The number of hydrogen-bond donors (Lipinski definition) is 1. The summed E-state index contributed by atoms with van der Waals surface area (Å²) in [6.45, 7) is 0.898. The van der Waals surface area contributed by atoms with Crippen LogP contribution in [-0.2, 0) is 6.42 Å². The second-order valence-electron chi connectivity index (χ2n) is 5.68. The number of hydrogen-bond acceptors (Lipinski definition) is 2. The minimum atomic E-state index is -0.578. The lowest BCUT2D eigenvalue weighted by molar-refractivity contribution is 0.178. The second kappa shape index (κ2) is 7.87. The van der Waals surface area contributed by atoms with Crippen LogP contribution in [0.25, 0.3) is 6.08 Å². The van der Waals surface area contributed by atoms with Gasteiger partial charge in [-0.05, 0) is 42.9 Å². The molecular weight excluding hydrogens is 277 g/mol. The van der Waals surface area contributed by atoms with E-state index in [2.05, 4.69) is 17.1 Å². The highest BCUT2D eigenvalue weighted by atomic mass is 19.1. The van der Waals surface area contributed by atoms with E-state index in [9.17, 15) is 9.50 Å². The van der Waals surface area contributed by atoms with Crippen LogP contribution in [0.2, 0.25) is 0 Å². The number of benzene rings is 2. The highest BCUT2D eigenvalue weighted by Gasteiger charge is 2.08. The number of aliphatic hydroxyl groups excluding tert-OH is 1. The lowest BCUT2D eigenvalue weighted by atomic mass is 10.0. The van der Waals surface area contributed by atoms with Crippen LogP contribution in [0, 0.1) is 5.82 Å². The molecule has 0 aliphatic carbocycles. The van der Waals surface area contributed by atoms with Crippen LogP contribution in [0.1, 0.15) is 22.8 Å². The first kappa shape index (κ1) is 16.4. The Morgan fingerprint density at radius 3 is 2.27 bits per heavy atom. The van der Waals surface area contributed by atoms with Crippen molar-refractivity contribution < 1.29 is 9.50 Å². The summed E-state index contributed by atoms with van der Waals surface area (Å²) in [5.41, 5.74) is 2.90. The summed E-state index contributed by atoms with van der Waals surface area (Å²) >= 11 is 0. The van der Waals surface area contributed by atoms with Gasteiger partial charge in [0.25, 0.3) is 0 Å². The Bertz CT molecular complexity index is 602. The van der Waals surface area contributed by atoms with Crippen molar-refractivity contribution in [1.82, 2.24) is 4.90 Å². The minimum absolute atomic E-state index is 0.257. The molecule has 0 aromatic heterocycles. The van der Waals surface area contributed by atoms with E-state index in [1.165, 1.54) is 12.1 Å². The van der Waals surface area contributed by atoms with Crippen LogP contribution in [0.15, 0.2) is 54.6 Å². The molecule has 0 bridgehead atoms. The maximum Gasteiger partial charge on any atom is 0.123 e. The molecule has 0 heterocycles. The molecule has 0 spiro atoms. The zero-order valence-corrected chi connectivity index (χ0v) is 13.0. The molecule has 1 atom stereocenters. The van der Waals surface area contributed by atoms with Crippen molar-refractivity contribution in [2.75, 3.05) is 20.6 Å². The maximum atomic E-state index is 12.9. The van der Waals surface area contributed by atoms with E-state index in [4.69, 9.17) is 0 Å². The fourth-order valence-electron chi connectivity index (χ4n) is 2.19. The smallest absolute Gasteiger partial charge is 0.123 e. The Kier molecular flexibility index (Phi) is 5.87. The number of likely N-dealkylation sites (N-methyl/N-ethyl adjacent to an activating group) is 1. The molecule has 116 valence electrons. The van der Waals surface area contributed by atoms with Gasteiger partial charge in [-0.15, -0.1) is 0 Å². The quantitative estimate of drug-likeness (QED) is 0.879. The van der Waals surface area contributed by atoms with Crippen molar-refractivity contribution >= 4 is 6.08 Å². The van der Waals surface area contributed by atoms with E-state index >= 15 is 0 Å². The zero-order chi connectivity index (χ0) is 15.9. The Morgan fingerprint density at radius 1 is 1.05 bits per heavy atom. The predicted molar refractivity (Wildman–Crippen MR) is 89.1 cm³/mol. The number of nitrogens with zero attached hydrogens (tertiary/aromatic N) is 1. The van der Waals surface area contributed by atoms with Gasteiger partial charge >= 0.3 is 0 Å². The molecule has 22 heavy (non-hydrogen) atoms. The second-order valence-corrected chi connectivity index (χ2v) is 5.68. The molecule has 2 aromatic carbocycles. The van der Waals surface area contributed by atoms with Gasteiger partial charge in [0.05, 0.1) is 6.10 Å². The van der Waals surface area contributed by atoms with Gasteiger partial charge in [0.15, 0.2) is 0 Å². The molecule has 0 saturated heterocycles. The Balaban J connectivity index is 1.97. The van der Waals surface area contributed by atoms with Crippen molar-refractivity contribution in [3.05, 3.63) is 77.1 Å². The van der Waals surface area contributed by atoms with Crippen LogP contribution < -0.4 is 0 Å². The molecule has 0 amide bonds. The van der Waals surface area contributed by atoms with Crippen LogP contribution in [0.4, 0.5) is 4.39 Å². The Hall–Kier alpha value is -1.97. The fraction of sp³-hybridized carbons (Fsp3) is 0.263. The summed E-state index contributed by atoms with van der Waals surface area (Å²) in [5.74, 6) is -0.257. The van der Waals surface area contributed by atoms with Crippen LogP contribution in [0.3, 0.4) is 0 Å². The van der Waals surface area contributed by atoms with Crippen molar-refractivity contribution in [3.63, 3.8) is 0 Å². The van der Waals surface area contributed by atoms with Gasteiger partial charge in [-0.3, -0.25) is 0 Å². The molecule has 2 nitrogen and oxygen atoms in total. The molecule has 0 aliphatic heterocycles. The summed E-state index contributed by atoms with van der Waals surface area (Å²) < 4.78 is 12.9. The highest BCUT2D eigenvalue weighted by molar-refractivity contribution is 5.50. The predicted octanol–water partition coefficient (Wildman–Crippen LogP) is 3.68. The van der Waals surface area contributed by atoms with E-state index in [1.807, 2.05) is 38.4 Å². The molecule has 2 rings (SSSR count). The molecule has 0 saturated carbocycles. The minimum Gasteiger partial charge on any atom is -0.388 e. The van der Waals surface area contributed by atoms with Crippen LogP contribution in [-0.4, -0.2) is 30.6 Å². The molecule has 3 heteroatoms. The summed E-state index contributed by atoms with van der Waals surface area (Å²) in [7, 11) is 4.05. The molecule has 0 fully saturated rings. The van der Waals surface area contributed by atoms with E-state index in [0.29, 0.717) is 6.42 Å². The molecule has 0 aliphatic rings. The van der Waals surface area contributed by atoms with Gasteiger partial charge in [-0.1, -0.05) is 48.6 Å². The van der Waals surface area contributed by atoms with E-state index in [-0.39, 0.29) is 5.82 Å². The number of aliphatic hydroxyl groups is 1. The zero-order valence-electron chi connectivity index (χ0n) is 13.0. The van der Waals surface area contributed by atoms with Gasteiger partial charge in [-0.25, -0.2) is 4.39 Å². The molecule has 0 radical (unpaired) electrons. The molecular formula is C19H22FNO. The number of rotatable bonds is 6. The molecule has 2 aromatic rings. The van der Waals surface area contributed by atoms with Gasteiger partial charge in [0, 0.05) is 13.0 Å². The first-order valence-corrected chi connectivity index (χ1v) is 7.38. The van der Waals surface area contributed by atoms with Crippen molar-refractivity contribution in [3.8, 4) is 0 Å². The van der Waals surface area contributed by atoms with Gasteiger partial charge in [-0.2, -0.15) is 0 Å². The summed E-state index contributed by atoms with van der Waals surface area (Å²) in [5, 5.41) is 10.3. The van der Waals surface area contributed by atoms with Crippen LogP contribution in [0.5, 0.6) is 0 Å². The third-order valence-corrected chi connectivity index (χ3v) is 3.44. The van der Waals surface area contributed by atoms with Gasteiger partial charge < -0.3 is 10.0 Å². The lowest BCUT2D eigenvalue weighted by Gasteiger charge is -2.11. The maximum absolute atomic E-state index is 12.9. The van der Waals surface area contributed by atoms with Crippen molar-refractivity contribution in [2.24, 2.45) is 0 Å². The van der Waals surface area contributed by atoms with Crippen LogP contribution >= 0.6 is 0 Å². The lowest BCUT2D eigenvalue weighted by Crippen LogP contribution is -2.10. The average Bonchev–Trinajstić information content (AvgIpc) is 2.50. The SMILES string of the molecule is CN(C)CC=Cc1ccc(C(O)Cc2ccc(F)cc2)cc1. The average molecular weight is 299 g/mol. The normalized spacial score (nSPS) is 13.0.